The lowest BCUT2D eigenvalue weighted by Gasteiger charge is -2.24. The average molecular weight is 379 g/mol. The quantitative estimate of drug-likeness (QED) is 0.558. The molecule has 1 aliphatic heterocycles. The number of carbonyl (C=O) groups is 3. The van der Waals surface area contributed by atoms with Crippen LogP contribution >= 0.6 is 0 Å². The van der Waals surface area contributed by atoms with E-state index in [1.54, 1.807) is 26.8 Å². The van der Waals surface area contributed by atoms with Gasteiger partial charge in [0.2, 0.25) is 0 Å². The number of carbonyl (C=O) groups excluding carboxylic acids is 2. The number of cyclic esters (lactones) is 1. The van der Waals surface area contributed by atoms with E-state index in [0.717, 1.165) is 5.57 Å². The molecule has 1 amide bonds. The molecule has 1 aliphatic rings. The number of aliphatic carboxylic acids is 1. The molecule has 0 saturated heterocycles. The van der Waals surface area contributed by atoms with Crippen LogP contribution in [0.3, 0.4) is 0 Å². The van der Waals surface area contributed by atoms with Gasteiger partial charge in [-0.05, 0) is 32.8 Å². The summed E-state index contributed by atoms with van der Waals surface area (Å²) in [6, 6.07) is 0. The lowest BCUT2D eigenvalue weighted by molar-refractivity contribution is -0.138. The van der Waals surface area contributed by atoms with Gasteiger partial charge in [-0.3, -0.25) is 9.59 Å². The Morgan fingerprint density at radius 3 is 2.63 bits per heavy atom. The number of nitrogens with one attached hydrogen (secondary N) is 1. The van der Waals surface area contributed by atoms with Crippen LogP contribution < -0.4 is 10.1 Å². The number of alkyl halides is 1. The second-order valence-electron chi connectivity index (χ2n) is 6.29. The van der Waals surface area contributed by atoms with Gasteiger partial charge in [-0.1, -0.05) is 11.6 Å². The van der Waals surface area contributed by atoms with Crippen LogP contribution in [0.2, 0.25) is 0 Å². The van der Waals surface area contributed by atoms with Crippen molar-refractivity contribution in [3.63, 3.8) is 0 Å². The number of hydrogen-bond acceptors (Lipinski definition) is 5. The second kappa shape index (κ2) is 8.20. The van der Waals surface area contributed by atoms with Crippen LogP contribution in [0.5, 0.6) is 5.75 Å². The summed E-state index contributed by atoms with van der Waals surface area (Å²) >= 11 is 0. The second-order valence-corrected chi connectivity index (χ2v) is 6.29. The van der Waals surface area contributed by atoms with Crippen LogP contribution in [0.1, 0.15) is 53.2 Å². The molecule has 0 aromatic heterocycles. The van der Waals surface area contributed by atoms with E-state index in [2.05, 4.69) is 5.32 Å². The van der Waals surface area contributed by atoms with Gasteiger partial charge in [0.05, 0.1) is 24.3 Å². The Morgan fingerprint density at radius 2 is 2.11 bits per heavy atom. The molecule has 1 unspecified atom stereocenters. The molecular weight excluding hydrogens is 357 g/mol. The van der Waals surface area contributed by atoms with Crippen molar-refractivity contribution >= 4 is 23.5 Å². The largest absolute Gasteiger partial charge is 0.496 e. The van der Waals surface area contributed by atoms with Crippen molar-refractivity contribution in [2.75, 3.05) is 19.1 Å². The highest BCUT2D eigenvalue weighted by Gasteiger charge is 2.37. The lowest BCUT2D eigenvalue weighted by atomic mass is 9.85. The zero-order chi connectivity index (χ0) is 20.3. The Labute approximate surface area is 156 Å². The molecule has 146 valence electrons. The molecule has 1 aromatic rings. The molecular formula is C19H22FNO6. The highest BCUT2D eigenvalue weighted by atomic mass is 19.1. The van der Waals surface area contributed by atoms with Gasteiger partial charge >= 0.3 is 11.9 Å². The molecule has 1 aromatic carbocycles. The minimum Gasteiger partial charge on any atom is -0.496 e. The maximum atomic E-state index is 12.9. The number of hydrogen-bond donors (Lipinski definition) is 2. The minimum absolute atomic E-state index is 0.0270. The number of rotatable bonds is 7. The molecule has 7 nitrogen and oxygen atoms in total. The topological polar surface area (TPSA) is 102 Å². The molecule has 0 radical (unpaired) electrons. The number of carboxylic acids is 1. The fourth-order valence-corrected chi connectivity index (χ4v) is 3.19. The summed E-state index contributed by atoms with van der Waals surface area (Å²) in [5, 5.41) is 12.2. The van der Waals surface area contributed by atoms with E-state index in [4.69, 9.17) is 9.47 Å². The van der Waals surface area contributed by atoms with E-state index >= 15 is 0 Å². The Kier molecular flexibility index (Phi) is 6.20. The molecule has 0 spiro atoms. The number of carboxylic acid groups (broad SMARTS) is 1. The number of fused-ring (bicyclic) bond motifs is 1. The van der Waals surface area contributed by atoms with Crippen LogP contribution in [0, 0.1) is 6.92 Å². The molecule has 1 heterocycles. The number of halogens is 1. The highest BCUT2D eigenvalue weighted by Crippen LogP contribution is 2.46. The summed E-state index contributed by atoms with van der Waals surface area (Å²) in [6.07, 6.45) is 1.91. The average Bonchev–Trinajstić information content (AvgIpc) is 3.03. The predicted octanol–water partition coefficient (Wildman–Crippen LogP) is 3.11. The molecule has 27 heavy (non-hydrogen) atoms. The number of benzene rings is 1. The van der Waals surface area contributed by atoms with Gasteiger partial charge in [-0.15, -0.1) is 0 Å². The number of methoxy groups -OCH3 is 1. The van der Waals surface area contributed by atoms with Gasteiger partial charge in [0.1, 0.15) is 12.4 Å². The van der Waals surface area contributed by atoms with E-state index in [1.165, 1.54) is 7.11 Å². The summed E-state index contributed by atoms with van der Waals surface area (Å²) in [4.78, 5) is 36.1. The summed E-state index contributed by atoms with van der Waals surface area (Å²) in [7, 11) is 1.37. The third-order valence-corrected chi connectivity index (χ3v) is 4.67. The van der Waals surface area contributed by atoms with E-state index in [-0.39, 0.29) is 35.6 Å². The molecule has 8 heteroatoms. The van der Waals surface area contributed by atoms with Crippen LogP contribution in [0.15, 0.2) is 11.6 Å². The van der Waals surface area contributed by atoms with Crippen molar-refractivity contribution in [2.45, 2.75) is 39.7 Å². The van der Waals surface area contributed by atoms with E-state index in [9.17, 15) is 23.9 Å². The van der Waals surface area contributed by atoms with Gasteiger partial charge in [0.25, 0.3) is 5.91 Å². The van der Waals surface area contributed by atoms with E-state index in [0.29, 0.717) is 11.1 Å². The van der Waals surface area contributed by atoms with Crippen LogP contribution in [0.4, 0.5) is 10.1 Å². The molecule has 2 rings (SSSR count). The maximum Gasteiger partial charge on any atom is 0.341 e. The van der Waals surface area contributed by atoms with Gasteiger partial charge < -0.3 is 19.9 Å². The van der Waals surface area contributed by atoms with Gasteiger partial charge in [-0.25, -0.2) is 9.18 Å². The van der Waals surface area contributed by atoms with Gasteiger partial charge in [-0.2, -0.15) is 0 Å². The summed E-state index contributed by atoms with van der Waals surface area (Å²) in [5.41, 5.74) is 1.96. The first-order chi connectivity index (χ1) is 12.8. The van der Waals surface area contributed by atoms with E-state index in [1.807, 2.05) is 0 Å². The third-order valence-electron chi connectivity index (χ3n) is 4.67. The molecule has 0 saturated carbocycles. The first kappa shape index (κ1) is 20.4. The number of esters is 1. The van der Waals surface area contributed by atoms with Gasteiger partial charge in [0.15, 0.2) is 6.67 Å². The highest BCUT2D eigenvalue weighted by molar-refractivity contribution is 6.07. The smallest absolute Gasteiger partial charge is 0.341 e. The van der Waals surface area contributed by atoms with E-state index < -0.39 is 30.4 Å². The van der Waals surface area contributed by atoms with Crippen LogP contribution in [0.25, 0.3) is 0 Å². The minimum atomic E-state index is -1.31. The fraction of sp³-hybridized carbons (Fsp3) is 0.421. The van der Waals surface area contributed by atoms with Crippen LogP contribution in [-0.4, -0.2) is 36.7 Å². The predicted molar refractivity (Wildman–Crippen MR) is 95.9 cm³/mol. The van der Waals surface area contributed by atoms with Crippen molar-refractivity contribution in [1.29, 1.82) is 0 Å². The molecule has 0 aliphatic carbocycles. The Balaban J connectivity index is 2.85. The first-order valence-electron chi connectivity index (χ1n) is 8.37. The monoisotopic (exact) mass is 379 g/mol. The summed E-state index contributed by atoms with van der Waals surface area (Å²) in [5.74, 6) is -3.72. The van der Waals surface area contributed by atoms with Gasteiger partial charge in [0, 0.05) is 11.1 Å². The Bertz CT molecular complexity index is 830. The zero-order valence-corrected chi connectivity index (χ0v) is 15.6. The fourth-order valence-electron chi connectivity index (χ4n) is 3.19. The van der Waals surface area contributed by atoms with Crippen molar-refractivity contribution in [3.8, 4) is 5.75 Å². The summed E-state index contributed by atoms with van der Waals surface area (Å²) < 4.78 is 23.4. The molecule has 1 atom stereocenters. The van der Waals surface area contributed by atoms with Crippen molar-refractivity contribution in [2.24, 2.45) is 0 Å². The standard InChI is InChI=1S/C19H22FNO6/c1-5-9(2)6-11(18(23)24)14-16(21-13(22)7-20)15-12(8-27-19(15)25)10(3)17(14)26-4/h5,11H,6-8H2,1-4H3,(H,21,22)(H,23,24)/b9-5+. The van der Waals surface area contributed by atoms with Crippen molar-refractivity contribution in [1.82, 2.24) is 0 Å². The number of ether oxygens (including phenoxy) is 2. The zero-order valence-electron chi connectivity index (χ0n) is 15.6. The van der Waals surface area contributed by atoms with Crippen molar-refractivity contribution < 1.29 is 33.4 Å². The summed E-state index contributed by atoms with van der Waals surface area (Å²) in [6.45, 7) is 3.90. The molecule has 0 bridgehead atoms. The normalized spacial score (nSPS) is 14.4. The molecule has 0 fully saturated rings. The lowest BCUT2D eigenvalue weighted by Crippen LogP contribution is -2.22. The van der Waals surface area contributed by atoms with Crippen LogP contribution in [-0.2, 0) is 20.9 Å². The SMILES string of the molecule is C/C=C(\C)CC(C(=O)O)c1c(NC(=O)CF)c2c(c(C)c1OC)COC2=O. The first-order valence-corrected chi connectivity index (χ1v) is 8.37. The number of anilines is 1. The number of amides is 1. The Hall–Kier alpha value is -2.90. The third kappa shape index (κ3) is 3.79. The maximum absolute atomic E-state index is 12.9. The molecule has 2 N–H and O–H groups in total. The van der Waals surface area contributed by atoms with Crippen molar-refractivity contribution in [3.05, 3.63) is 33.9 Å². The Morgan fingerprint density at radius 1 is 1.44 bits per heavy atom. The number of allylic oxidation sites excluding steroid dienone is 2.